The molecule has 2 aromatic rings. The fourth-order valence-electron chi connectivity index (χ4n) is 4.07. The number of nitrogens with zero attached hydrogens (tertiary/aromatic N) is 1. The van der Waals surface area contributed by atoms with Crippen molar-refractivity contribution < 1.29 is 18.7 Å². The van der Waals surface area contributed by atoms with E-state index in [9.17, 15) is 18.7 Å². The van der Waals surface area contributed by atoms with E-state index < -0.39 is 5.60 Å². The molecule has 0 amide bonds. The zero-order valence-corrected chi connectivity index (χ0v) is 25.0. The molecule has 3 nitrogen and oxygen atoms in total. The molecule has 5 heteroatoms. The Hall–Kier alpha value is -2.40. The minimum atomic E-state index is -1.04. The van der Waals surface area contributed by atoms with Crippen LogP contribution in [0.2, 0.25) is 0 Å². The SMILES string of the molecule is CC1CCC1.CCC(=O)CC(C)(C)c1ccc(F)cc1.CCCC(C)=Nc1c(C)cc(C(C)(C)O)cc1F. The highest BCUT2D eigenvalue weighted by Gasteiger charge is 2.23. The molecule has 0 spiro atoms. The molecule has 1 aliphatic carbocycles. The van der Waals surface area contributed by atoms with Gasteiger partial charge < -0.3 is 5.11 Å². The van der Waals surface area contributed by atoms with Gasteiger partial charge >= 0.3 is 0 Å². The number of ketones is 1. The van der Waals surface area contributed by atoms with Crippen LogP contribution in [0.1, 0.15) is 117 Å². The van der Waals surface area contributed by atoms with Crippen molar-refractivity contribution in [3.05, 3.63) is 64.7 Å². The Morgan fingerprint density at radius 2 is 1.58 bits per heavy atom. The third kappa shape index (κ3) is 11.6. The Bertz CT molecular complexity index is 1020. The molecule has 212 valence electrons. The van der Waals surface area contributed by atoms with Gasteiger partial charge in [0.1, 0.15) is 23.1 Å². The molecule has 1 aliphatic rings. The molecule has 0 unspecified atom stereocenters. The van der Waals surface area contributed by atoms with Gasteiger partial charge in [-0.05, 0) is 80.3 Å². The average molecular weight is 530 g/mol. The number of rotatable bonds is 8. The van der Waals surface area contributed by atoms with Crippen molar-refractivity contribution in [1.29, 1.82) is 0 Å². The lowest BCUT2D eigenvalue weighted by atomic mass is 9.80. The van der Waals surface area contributed by atoms with Gasteiger partial charge in [0, 0.05) is 18.6 Å². The van der Waals surface area contributed by atoms with Crippen LogP contribution in [0, 0.1) is 24.5 Å². The molecule has 0 atom stereocenters. The number of aryl methyl sites for hydroxylation is 1. The van der Waals surface area contributed by atoms with Gasteiger partial charge in [-0.3, -0.25) is 9.79 Å². The summed E-state index contributed by atoms with van der Waals surface area (Å²) in [6.07, 6.45) is 7.39. The minimum absolute atomic E-state index is 0.208. The molecule has 0 aliphatic heterocycles. The molecule has 0 radical (unpaired) electrons. The number of hydrogen-bond acceptors (Lipinski definition) is 3. The van der Waals surface area contributed by atoms with E-state index in [0.29, 0.717) is 24.1 Å². The lowest BCUT2D eigenvalue weighted by Gasteiger charge is -2.24. The third-order valence-electron chi connectivity index (χ3n) is 6.93. The fourth-order valence-corrected chi connectivity index (χ4v) is 4.07. The van der Waals surface area contributed by atoms with Gasteiger partial charge in [0.2, 0.25) is 0 Å². The Labute approximate surface area is 229 Å². The maximum absolute atomic E-state index is 14.0. The lowest BCUT2D eigenvalue weighted by Crippen LogP contribution is -2.21. The second-order valence-electron chi connectivity index (χ2n) is 11.8. The largest absolute Gasteiger partial charge is 0.386 e. The normalized spacial score (nSPS) is 14.1. The first-order valence-corrected chi connectivity index (χ1v) is 14.0. The van der Waals surface area contributed by atoms with Crippen LogP contribution in [-0.4, -0.2) is 16.6 Å². The van der Waals surface area contributed by atoms with E-state index in [1.807, 2.05) is 34.6 Å². The maximum atomic E-state index is 14.0. The van der Waals surface area contributed by atoms with Gasteiger partial charge in [0.15, 0.2) is 0 Å². The van der Waals surface area contributed by atoms with E-state index in [-0.39, 0.29) is 22.8 Å². The summed E-state index contributed by atoms with van der Waals surface area (Å²) in [6, 6.07) is 9.53. The molecular formula is C33H49F2NO2. The Kier molecular flexibility index (Phi) is 13.5. The van der Waals surface area contributed by atoms with Crippen molar-refractivity contribution in [2.75, 3.05) is 0 Å². The Morgan fingerprint density at radius 1 is 1.03 bits per heavy atom. The van der Waals surface area contributed by atoms with E-state index in [0.717, 1.165) is 35.6 Å². The second kappa shape index (κ2) is 15.3. The number of carbonyl (C=O) groups excluding carboxylic acids is 1. The van der Waals surface area contributed by atoms with Crippen molar-refractivity contribution in [3.8, 4) is 0 Å². The first-order chi connectivity index (χ1) is 17.6. The van der Waals surface area contributed by atoms with Gasteiger partial charge in [-0.2, -0.15) is 0 Å². The summed E-state index contributed by atoms with van der Waals surface area (Å²) >= 11 is 0. The molecule has 1 fully saturated rings. The molecule has 0 bridgehead atoms. The van der Waals surface area contributed by atoms with Crippen LogP contribution in [0.3, 0.4) is 0 Å². The number of hydrogen-bond donors (Lipinski definition) is 1. The van der Waals surface area contributed by atoms with Crippen LogP contribution < -0.4 is 0 Å². The standard InChI is InChI=1S/C15H22FNO.C13H17FO.C5H10/c1-6-7-11(3)17-14-10(2)8-12(9-13(14)16)15(4,5)18;1-4-12(15)9-13(2,3)10-5-7-11(14)8-6-10;1-5-3-2-4-5/h8-9,18H,6-7H2,1-5H3;5-8H,4,9H2,1-3H3;5H,2-4H2,1H3. The summed E-state index contributed by atoms with van der Waals surface area (Å²) < 4.78 is 26.8. The highest BCUT2D eigenvalue weighted by Crippen LogP contribution is 2.30. The molecule has 1 saturated carbocycles. The van der Waals surface area contributed by atoms with E-state index in [1.54, 1.807) is 32.0 Å². The molecule has 0 heterocycles. The van der Waals surface area contributed by atoms with Crippen LogP contribution in [0.4, 0.5) is 14.5 Å². The van der Waals surface area contributed by atoms with Gasteiger partial charge in [-0.1, -0.05) is 78.5 Å². The van der Waals surface area contributed by atoms with Crippen LogP contribution in [0.25, 0.3) is 0 Å². The quantitative estimate of drug-likeness (QED) is 0.346. The van der Waals surface area contributed by atoms with E-state index >= 15 is 0 Å². The van der Waals surface area contributed by atoms with Crippen LogP contribution in [-0.2, 0) is 15.8 Å². The number of halogens is 2. The van der Waals surface area contributed by atoms with E-state index in [2.05, 4.69) is 18.8 Å². The molecule has 38 heavy (non-hydrogen) atoms. The molecule has 1 N–H and O–H groups in total. The Balaban J connectivity index is 0.000000324. The first kappa shape index (κ1) is 33.6. The number of aliphatic hydroxyl groups is 1. The van der Waals surface area contributed by atoms with Crippen LogP contribution in [0.15, 0.2) is 41.4 Å². The fraction of sp³-hybridized carbons (Fsp3) is 0.576. The summed E-state index contributed by atoms with van der Waals surface area (Å²) in [4.78, 5) is 15.7. The predicted molar refractivity (Wildman–Crippen MR) is 156 cm³/mol. The zero-order chi connectivity index (χ0) is 29.1. The third-order valence-corrected chi connectivity index (χ3v) is 6.93. The van der Waals surface area contributed by atoms with Gasteiger partial charge in [-0.25, -0.2) is 8.78 Å². The highest BCUT2D eigenvalue weighted by atomic mass is 19.1. The zero-order valence-electron chi connectivity index (χ0n) is 25.0. The summed E-state index contributed by atoms with van der Waals surface area (Å²) in [7, 11) is 0. The molecule has 3 rings (SSSR count). The number of aliphatic imine (C=N–C) groups is 1. The number of Topliss-reactive ketones (excluding diaryl/α,β-unsaturated/α-hetero) is 1. The summed E-state index contributed by atoms with van der Waals surface area (Å²) in [6.45, 7) is 17.3. The summed E-state index contributed by atoms with van der Waals surface area (Å²) in [5, 5.41) is 9.89. The summed E-state index contributed by atoms with van der Waals surface area (Å²) in [5.74, 6) is 0.693. The van der Waals surface area contributed by atoms with Crippen LogP contribution >= 0.6 is 0 Å². The highest BCUT2D eigenvalue weighted by molar-refractivity contribution is 5.85. The van der Waals surface area contributed by atoms with Gasteiger partial charge in [0.05, 0.1) is 5.60 Å². The van der Waals surface area contributed by atoms with Crippen molar-refractivity contribution in [3.63, 3.8) is 0 Å². The van der Waals surface area contributed by atoms with Gasteiger partial charge in [0.25, 0.3) is 0 Å². The van der Waals surface area contributed by atoms with Crippen molar-refractivity contribution >= 4 is 17.2 Å². The lowest BCUT2D eigenvalue weighted by molar-refractivity contribution is -0.119. The predicted octanol–water partition coefficient (Wildman–Crippen LogP) is 9.53. The molecule has 0 aromatic heterocycles. The van der Waals surface area contributed by atoms with Crippen molar-refractivity contribution in [2.24, 2.45) is 10.9 Å². The smallest absolute Gasteiger partial charge is 0.149 e. The molecular weight excluding hydrogens is 480 g/mol. The van der Waals surface area contributed by atoms with Crippen molar-refractivity contribution in [1.82, 2.24) is 0 Å². The number of benzene rings is 2. The van der Waals surface area contributed by atoms with E-state index in [1.165, 1.54) is 37.5 Å². The molecule has 2 aromatic carbocycles. The van der Waals surface area contributed by atoms with Gasteiger partial charge in [-0.15, -0.1) is 0 Å². The second-order valence-corrected chi connectivity index (χ2v) is 11.8. The topological polar surface area (TPSA) is 49.7 Å². The first-order valence-electron chi connectivity index (χ1n) is 14.0. The minimum Gasteiger partial charge on any atom is -0.386 e. The Morgan fingerprint density at radius 3 is 1.97 bits per heavy atom. The maximum Gasteiger partial charge on any atom is 0.149 e. The van der Waals surface area contributed by atoms with E-state index in [4.69, 9.17) is 0 Å². The monoisotopic (exact) mass is 529 g/mol. The van der Waals surface area contributed by atoms with Crippen molar-refractivity contribution in [2.45, 2.75) is 118 Å². The summed E-state index contributed by atoms with van der Waals surface area (Å²) in [5.41, 5.74) is 2.40. The average Bonchev–Trinajstić information content (AvgIpc) is 2.80. The number of carbonyl (C=O) groups is 1. The van der Waals surface area contributed by atoms with Crippen LogP contribution in [0.5, 0.6) is 0 Å². The molecule has 0 saturated heterocycles.